The third-order valence-electron chi connectivity index (χ3n) is 2.48. The van der Waals surface area contributed by atoms with E-state index in [0.717, 1.165) is 0 Å². The standard InChI is InChI=1S/C12H9Cl3FN3O/c13-4-11(20)17-12-9(15)6-19(18-12)5-7-8(14)2-1-3-10(7)16/h1-3,6H,4-5H2,(H,17,18,20). The van der Waals surface area contributed by atoms with Gasteiger partial charge in [0.15, 0.2) is 5.82 Å². The van der Waals surface area contributed by atoms with Gasteiger partial charge in [-0.1, -0.05) is 29.3 Å². The van der Waals surface area contributed by atoms with Crippen LogP contribution in [0.2, 0.25) is 10.0 Å². The third-order valence-corrected chi connectivity index (χ3v) is 3.35. The maximum atomic E-state index is 13.7. The van der Waals surface area contributed by atoms with Crippen LogP contribution >= 0.6 is 34.8 Å². The van der Waals surface area contributed by atoms with Crippen molar-refractivity contribution in [2.75, 3.05) is 11.2 Å². The summed E-state index contributed by atoms with van der Waals surface area (Å²) in [6.45, 7) is 0.0992. The molecular weight excluding hydrogens is 328 g/mol. The summed E-state index contributed by atoms with van der Waals surface area (Å²) in [5.41, 5.74) is 0.295. The molecule has 0 saturated carbocycles. The second-order valence-electron chi connectivity index (χ2n) is 3.91. The van der Waals surface area contributed by atoms with E-state index in [9.17, 15) is 9.18 Å². The second-order valence-corrected chi connectivity index (χ2v) is 4.99. The molecule has 20 heavy (non-hydrogen) atoms. The lowest BCUT2D eigenvalue weighted by atomic mass is 10.2. The summed E-state index contributed by atoms with van der Waals surface area (Å²) in [4.78, 5) is 11.2. The van der Waals surface area contributed by atoms with E-state index in [-0.39, 0.29) is 23.3 Å². The Labute approximate surface area is 129 Å². The number of carbonyl (C=O) groups is 1. The molecule has 0 aliphatic heterocycles. The van der Waals surface area contributed by atoms with Gasteiger partial charge in [-0.3, -0.25) is 9.48 Å². The van der Waals surface area contributed by atoms with E-state index in [2.05, 4.69) is 10.4 Å². The van der Waals surface area contributed by atoms with Crippen molar-refractivity contribution in [3.05, 3.63) is 45.8 Å². The Morgan fingerprint density at radius 1 is 1.35 bits per heavy atom. The molecular formula is C12H9Cl3FN3O. The molecule has 1 aromatic heterocycles. The van der Waals surface area contributed by atoms with Gasteiger partial charge in [0.25, 0.3) is 0 Å². The number of carbonyl (C=O) groups excluding carboxylic acids is 1. The van der Waals surface area contributed by atoms with E-state index < -0.39 is 11.7 Å². The topological polar surface area (TPSA) is 46.9 Å². The van der Waals surface area contributed by atoms with Gasteiger partial charge in [-0.05, 0) is 12.1 Å². The number of hydrogen-bond donors (Lipinski definition) is 1. The molecule has 0 spiro atoms. The Morgan fingerprint density at radius 3 is 2.75 bits per heavy atom. The second kappa shape index (κ2) is 6.43. The molecule has 106 valence electrons. The van der Waals surface area contributed by atoms with Crippen LogP contribution in [0.15, 0.2) is 24.4 Å². The lowest BCUT2D eigenvalue weighted by molar-refractivity contribution is -0.113. The number of benzene rings is 1. The Balaban J connectivity index is 2.23. The van der Waals surface area contributed by atoms with Crippen molar-refractivity contribution in [3.8, 4) is 0 Å². The van der Waals surface area contributed by atoms with Crippen LogP contribution in [0.25, 0.3) is 0 Å². The summed E-state index contributed by atoms with van der Waals surface area (Å²) in [6.07, 6.45) is 1.47. The summed E-state index contributed by atoms with van der Waals surface area (Å²) in [6, 6.07) is 4.41. The van der Waals surface area contributed by atoms with Crippen LogP contribution in [0, 0.1) is 5.82 Å². The molecule has 2 aromatic rings. The minimum Gasteiger partial charge on any atom is -0.307 e. The minimum absolute atomic E-state index is 0.0992. The quantitative estimate of drug-likeness (QED) is 0.868. The Bertz CT molecular complexity index is 625. The zero-order valence-corrected chi connectivity index (χ0v) is 12.3. The zero-order chi connectivity index (χ0) is 14.7. The largest absolute Gasteiger partial charge is 0.307 e. The van der Waals surface area contributed by atoms with Gasteiger partial charge in [0.2, 0.25) is 5.91 Å². The SMILES string of the molecule is O=C(CCl)Nc1nn(Cc2c(F)cccc2Cl)cc1Cl. The molecule has 1 amide bonds. The van der Waals surface area contributed by atoms with Gasteiger partial charge in [0.1, 0.15) is 16.7 Å². The number of hydrogen-bond acceptors (Lipinski definition) is 2. The van der Waals surface area contributed by atoms with Crippen LogP contribution in [0.4, 0.5) is 10.2 Å². The third kappa shape index (κ3) is 3.42. The molecule has 0 radical (unpaired) electrons. The van der Waals surface area contributed by atoms with Crippen LogP contribution in [0.3, 0.4) is 0 Å². The molecule has 1 heterocycles. The van der Waals surface area contributed by atoms with Crippen LogP contribution in [-0.4, -0.2) is 21.6 Å². The number of rotatable bonds is 4. The molecule has 0 aliphatic rings. The molecule has 0 unspecified atom stereocenters. The highest BCUT2D eigenvalue weighted by Gasteiger charge is 2.13. The predicted molar refractivity (Wildman–Crippen MR) is 77.1 cm³/mol. The average Bonchev–Trinajstić information content (AvgIpc) is 2.74. The highest BCUT2D eigenvalue weighted by Crippen LogP contribution is 2.23. The summed E-state index contributed by atoms with van der Waals surface area (Å²) in [7, 11) is 0. The lowest BCUT2D eigenvalue weighted by Gasteiger charge is -2.05. The van der Waals surface area contributed by atoms with Gasteiger partial charge in [-0.25, -0.2) is 4.39 Å². The van der Waals surface area contributed by atoms with Crippen molar-refractivity contribution in [2.45, 2.75) is 6.54 Å². The number of aromatic nitrogens is 2. The molecule has 8 heteroatoms. The highest BCUT2D eigenvalue weighted by molar-refractivity contribution is 6.34. The van der Waals surface area contributed by atoms with Gasteiger partial charge >= 0.3 is 0 Å². The van der Waals surface area contributed by atoms with Crippen LogP contribution in [-0.2, 0) is 11.3 Å². The molecule has 1 N–H and O–H groups in total. The van der Waals surface area contributed by atoms with Crippen LogP contribution in [0.5, 0.6) is 0 Å². The summed E-state index contributed by atoms with van der Waals surface area (Å²) < 4.78 is 15.0. The van der Waals surface area contributed by atoms with Crippen molar-refractivity contribution in [3.63, 3.8) is 0 Å². The minimum atomic E-state index is -0.435. The average molecular weight is 337 g/mol. The Hall–Kier alpha value is -1.30. The molecule has 0 atom stereocenters. The first-order chi connectivity index (χ1) is 9.51. The van der Waals surface area contributed by atoms with E-state index in [1.54, 1.807) is 6.07 Å². The fourth-order valence-electron chi connectivity index (χ4n) is 1.57. The fraction of sp³-hybridized carbons (Fsp3) is 0.167. The molecule has 1 aromatic carbocycles. The smallest absolute Gasteiger partial charge is 0.240 e. The van der Waals surface area contributed by atoms with Gasteiger partial charge in [-0.2, -0.15) is 5.10 Å². The van der Waals surface area contributed by atoms with E-state index in [1.165, 1.54) is 23.0 Å². The monoisotopic (exact) mass is 335 g/mol. The number of nitrogens with zero attached hydrogens (tertiary/aromatic N) is 2. The first kappa shape index (κ1) is 15.1. The number of amides is 1. The molecule has 0 fully saturated rings. The number of nitrogens with one attached hydrogen (secondary N) is 1. The van der Waals surface area contributed by atoms with Crippen molar-refractivity contribution in [1.82, 2.24) is 9.78 Å². The van der Waals surface area contributed by atoms with Gasteiger partial charge in [-0.15, -0.1) is 11.6 Å². The molecule has 0 saturated heterocycles. The van der Waals surface area contributed by atoms with Gasteiger partial charge < -0.3 is 5.32 Å². The molecule has 0 bridgehead atoms. The first-order valence-electron chi connectivity index (χ1n) is 5.53. The van der Waals surface area contributed by atoms with Crippen LogP contribution in [0.1, 0.15) is 5.56 Å². The molecule has 0 aliphatic carbocycles. The van der Waals surface area contributed by atoms with Crippen molar-refractivity contribution < 1.29 is 9.18 Å². The van der Waals surface area contributed by atoms with Crippen molar-refractivity contribution in [2.24, 2.45) is 0 Å². The van der Waals surface area contributed by atoms with E-state index in [4.69, 9.17) is 34.8 Å². The summed E-state index contributed by atoms with van der Waals surface area (Å²) in [5.74, 6) is -0.898. The first-order valence-corrected chi connectivity index (χ1v) is 6.82. The highest BCUT2D eigenvalue weighted by atomic mass is 35.5. The summed E-state index contributed by atoms with van der Waals surface area (Å²) in [5, 5.41) is 7.00. The zero-order valence-electron chi connectivity index (χ0n) is 10.0. The van der Waals surface area contributed by atoms with Crippen molar-refractivity contribution in [1.29, 1.82) is 0 Å². The Morgan fingerprint density at radius 2 is 2.10 bits per heavy atom. The van der Waals surface area contributed by atoms with E-state index >= 15 is 0 Å². The van der Waals surface area contributed by atoms with E-state index in [0.29, 0.717) is 10.6 Å². The number of alkyl halides is 1. The Kier molecular flexibility index (Phi) is 4.86. The number of halogens is 4. The molecule has 2 rings (SSSR count). The maximum absolute atomic E-state index is 13.7. The fourth-order valence-corrected chi connectivity index (χ4v) is 2.06. The normalized spacial score (nSPS) is 10.6. The maximum Gasteiger partial charge on any atom is 0.240 e. The lowest BCUT2D eigenvalue weighted by Crippen LogP contribution is -2.13. The van der Waals surface area contributed by atoms with E-state index in [1.807, 2.05) is 0 Å². The van der Waals surface area contributed by atoms with Gasteiger partial charge in [0.05, 0.1) is 6.54 Å². The molecule has 4 nitrogen and oxygen atoms in total. The van der Waals surface area contributed by atoms with Crippen LogP contribution < -0.4 is 5.32 Å². The van der Waals surface area contributed by atoms with Gasteiger partial charge in [0, 0.05) is 16.8 Å². The number of anilines is 1. The van der Waals surface area contributed by atoms with Crippen molar-refractivity contribution >= 4 is 46.5 Å². The predicted octanol–water partition coefficient (Wildman–Crippen LogP) is 3.55. The summed E-state index contributed by atoms with van der Waals surface area (Å²) >= 11 is 17.2.